The first-order valence-corrected chi connectivity index (χ1v) is 6.18. The highest BCUT2D eigenvalue weighted by atomic mass is 16.3. The van der Waals surface area contributed by atoms with Crippen LogP contribution >= 0.6 is 0 Å². The van der Waals surface area contributed by atoms with Crippen molar-refractivity contribution in [2.75, 3.05) is 0 Å². The molecule has 0 radical (unpaired) electrons. The number of fused-ring (bicyclic) bond motifs is 1. The molecule has 0 unspecified atom stereocenters. The number of nitrogens with zero attached hydrogens (tertiary/aromatic N) is 2. The van der Waals surface area contributed by atoms with Crippen molar-refractivity contribution >= 4 is 10.8 Å². The van der Waals surface area contributed by atoms with E-state index in [9.17, 15) is 15.0 Å². The quantitative estimate of drug-likeness (QED) is 0.715. The van der Waals surface area contributed by atoms with Crippen molar-refractivity contribution in [1.82, 2.24) is 4.57 Å². The van der Waals surface area contributed by atoms with Gasteiger partial charge in [-0.2, -0.15) is 5.26 Å². The first-order valence-electron chi connectivity index (χ1n) is 6.18. The molecule has 3 rings (SSSR count). The molecule has 0 fully saturated rings. The van der Waals surface area contributed by atoms with Gasteiger partial charge in [-0.15, -0.1) is 0 Å². The van der Waals surface area contributed by atoms with Crippen LogP contribution in [0.15, 0.2) is 53.5 Å². The van der Waals surface area contributed by atoms with E-state index in [-0.39, 0.29) is 28.0 Å². The number of rotatable bonds is 1. The van der Waals surface area contributed by atoms with Crippen molar-refractivity contribution in [3.8, 4) is 23.3 Å². The Morgan fingerprint density at radius 1 is 1.00 bits per heavy atom. The van der Waals surface area contributed by atoms with Crippen molar-refractivity contribution in [2.24, 2.45) is 0 Å². The lowest BCUT2D eigenvalue weighted by atomic mass is 10.1. The summed E-state index contributed by atoms with van der Waals surface area (Å²) in [5.41, 5.74) is 0.356. The number of aromatic nitrogens is 1. The SMILES string of the molecule is N#Cc1cc(O)cc2ccn(-c3ccc(O)cc3)c(=O)c12. The average molecular weight is 278 g/mol. The molecule has 102 valence electrons. The lowest BCUT2D eigenvalue weighted by Gasteiger charge is -2.08. The van der Waals surface area contributed by atoms with Gasteiger partial charge in [-0.05, 0) is 47.9 Å². The molecule has 0 amide bonds. The predicted molar refractivity (Wildman–Crippen MR) is 77.6 cm³/mol. The van der Waals surface area contributed by atoms with Crippen LogP contribution in [0.5, 0.6) is 11.5 Å². The maximum atomic E-state index is 12.6. The Labute approximate surface area is 119 Å². The van der Waals surface area contributed by atoms with Gasteiger partial charge in [0.05, 0.1) is 10.9 Å². The Morgan fingerprint density at radius 3 is 2.38 bits per heavy atom. The number of phenolic OH excluding ortho intramolecular Hbond substituents is 2. The van der Waals surface area contributed by atoms with Gasteiger partial charge in [-0.1, -0.05) is 0 Å². The minimum Gasteiger partial charge on any atom is -0.508 e. The van der Waals surface area contributed by atoms with E-state index in [2.05, 4.69) is 0 Å². The number of benzene rings is 2. The van der Waals surface area contributed by atoms with Gasteiger partial charge in [0.2, 0.25) is 0 Å². The van der Waals surface area contributed by atoms with Gasteiger partial charge >= 0.3 is 0 Å². The predicted octanol–water partition coefficient (Wildman–Crippen LogP) is 2.27. The third kappa shape index (κ3) is 2.09. The fourth-order valence-electron chi connectivity index (χ4n) is 2.27. The van der Waals surface area contributed by atoms with Gasteiger partial charge in [-0.3, -0.25) is 9.36 Å². The molecule has 2 N–H and O–H groups in total. The van der Waals surface area contributed by atoms with Crippen LogP contribution in [0.3, 0.4) is 0 Å². The van der Waals surface area contributed by atoms with E-state index in [1.807, 2.05) is 6.07 Å². The molecule has 0 aliphatic rings. The van der Waals surface area contributed by atoms with Crippen molar-refractivity contribution in [3.05, 3.63) is 64.6 Å². The lowest BCUT2D eigenvalue weighted by molar-refractivity contribution is 0.475. The van der Waals surface area contributed by atoms with E-state index in [1.165, 1.54) is 28.8 Å². The Hall–Kier alpha value is -3.26. The second kappa shape index (κ2) is 4.69. The summed E-state index contributed by atoms with van der Waals surface area (Å²) in [6.07, 6.45) is 1.57. The molecule has 0 saturated carbocycles. The Morgan fingerprint density at radius 2 is 1.71 bits per heavy atom. The van der Waals surface area contributed by atoms with E-state index >= 15 is 0 Å². The second-order valence-corrected chi connectivity index (χ2v) is 4.58. The van der Waals surface area contributed by atoms with Crippen LogP contribution in [-0.4, -0.2) is 14.8 Å². The summed E-state index contributed by atoms with van der Waals surface area (Å²) >= 11 is 0. The van der Waals surface area contributed by atoms with Crippen LogP contribution in [0.25, 0.3) is 16.5 Å². The maximum Gasteiger partial charge on any atom is 0.264 e. The first kappa shape index (κ1) is 12.8. The molecule has 0 saturated heterocycles. The van der Waals surface area contributed by atoms with Crippen LogP contribution in [0.2, 0.25) is 0 Å². The number of pyridine rings is 1. The van der Waals surface area contributed by atoms with Gasteiger partial charge in [0.25, 0.3) is 5.56 Å². The van der Waals surface area contributed by atoms with Crippen LogP contribution in [0.4, 0.5) is 0 Å². The fraction of sp³-hybridized carbons (Fsp3) is 0. The Balaban J connectivity index is 2.35. The van der Waals surface area contributed by atoms with Crippen molar-refractivity contribution in [3.63, 3.8) is 0 Å². The Kier molecular flexibility index (Phi) is 2.85. The molecule has 1 heterocycles. The summed E-state index contributed by atoms with van der Waals surface area (Å²) in [5.74, 6) is 0.0519. The third-order valence-electron chi connectivity index (χ3n) is 3.24. The molecule has 5 heteroatoms. The van der Waals surface area contributed by atoms with Gasteiger partial charge in [-0.25, -0.2) is 0 Å². The zero-order valence-corrected chi connectivity index (χ0v) is 10.8. The van der Waals surface area contributed by atoms with Crippen LogP contribution in [-0.2, 0) is 0 Å². The van der Waals surface area contributed by atoms with Gasteiger partial charge in [0.15, 0.2) is 0 Å². The van der Waals surface area contributed by atoms with Crippen LogP contribution in [0.1, 0.15) is 5.56 Å². The maximum absolute atomic E-state index is 12.6. The molecule has 0 aliphatic carbocycles. The molecule has 0 bridgehead atoms. The zero-order chi connectivity index (χ0) is 15.0. The molecule has 5 nitrogen and oxygen atoms in total. The van der Waals surface area contributed by atoms with E-state index in [4.69, 9.17) is 5.26 Å². The first-order chi connectivity index (χ1) is 10.1. The second-order valence-electron chi connectivity index (χ2n) is 4.58. The summed E-state index contributed by atoms with van der Waals surface area (Å²) in [4.78, 5) is 12.6. The summed E-state index contributed by atoms with van der Waals surface area (Å²) in [7, 11) is 0. The normalized spacial score (nSPS) is 10.4. The average Bonchev–Trinajstić information content (AvgIpc) is 2.48. The zero-order valence-electron chi connectivity index (χ0n) is 10.8. The smallest absolute Gasteiger partial charge is 0.264 e. The molecule has 2 aromatic carbocycles. The minimum absolute atomic E-state index is 0.0548. The molecule has 3 aromatic rings. The Bertz CT molecular complexity index is 935. The van der Waals surface area contributed by atoms with Crippen molar-refractivity contribution in [2.45, 2.75) is 0 Å². The molecule has 1 aromatic heterocycles. The molecular formula is C16H10N2O3. The molecule has 21 heavy (non-hydrogen) atoms. The van der Waals surface area contributed by atoms with E-state index in [1.54, 1.807) is 24.4 Å². The summed E-state index contributed by atoms with van der Waals surface area (Å²) in [6, 6.07) is 12.5. The van der Waals surface area contributed by atoms with Crippen LogP contribution < -0.4 is 5.56 Å². The summed E-state index contributed by atoms with van der Waals surface area (Å²) in [6.45, 7) is 0. The third-order valence-corrected chi connectivity index (χ3v) is 3.24. The highest BCUT2D eigenvalue weighted by molar-refractivity contribution is 5.88. The monoisotopic (exact) mass is 278 g/mol. The molecule has 0 atom stereocenters. The van der Waals surface area contributed by atoms with Crippen molar-refractivity contribution in [1.29, 1.82) is 5.26 Å². The molecular weight excluding hydrogens is 268 g/mol. The summed E-state index contributed by atoms with van der Waals surface area (Å²) < 4.78 is 1.39. The standard InChI is InChI=1S/C16H10N2O3/c17-9-11-8-14(20)7-10-5-6-18(16(21)15(10)11)12-1-3-13(19)4-2-12/h1-8,19-20H. The number of hydrogen-bond acceptors (Lipinski definition) is 4. The molecule has 0 aliphatic heterocycles. The lowest BCUT2D eigenvalue weighted by Crippen LogP contribution is -2.18. The van der Waals surface area contributed by atoms with Gasteiger partial charge < -0.3 is 10.2 Å². The number of phenols is 2. The number of aromatic hydroxyl groups is 2. The largest absolute Gasteiger partial charge is 0.508 e. The minimum atomic E-state index is -0.352. The van der Waals surface area contributed by atoms with Gasteiger partial charge in [0, 0.05) is 11.9 Å². The summed E-state index contributed by atoms with van der Waals surface area (Å²) in [5, 5.41) is 28.8. The van der Waals surface area contributed by atoms with E-state index < -0.39 is 0 Å². The van der Waals surface area contributed by atoms with E-state index in [0.717, 1.165) is 0 Å². The molecule has 0 spiro atoms. The number of hydrogen-bond donors (Lipinski definition) is 2. The van der Waals surface area contributed by atoms with Gasteiger partial charge in [0.1, 0.15) is 17.6 Å². The number of nitriles is 1. The van der Waals surface area contributed by atoms with Crippen LogP contribution in [0, 0.1) is 11.3 Å². The topological polar surface area (TPSA) is 86.2 Å². The fourth-order valence-corrected chi connectivity index (χ4v) is 2.27. The van der Waals surface area contributed by atoms with Crippen molar-refractivity contribution < 1.29 is 10.2 Å². The van der Waals surface area contributed by atoms with E-state index in [0.29, 0.717) is 11.1 Å². The highest BCUT2D eigenvalue weighted by Crippen LogP contribution is 2.22. The highest BCUT2D eigenvalue weighted by Gasteiger charge is 2.10.